The van der Waals surface area contributed by atoms with E-state index in [-0.39, 0.29) is 30.4 Å². The van der Waals surface area contributed by atoms with Crippen LogP contribution in [-0.2, 0) is 27.0 Å². The van der Waals surface area contributed by atoms with Gasteiger partial charge < -0.3 is 20.3 Å². The maximum atomic E-state index is 12.9. The van der Waals surface area contributed by atoms with Gasteiger partial charge in [-0.1, -0.05) is 60.1 Å². The van der Waals surface area contributed by atoms with Crippen LogP contribution in [0.5, 0.6) is 5.75 Å². The van der Waals surface area contributed by atoms with E-state index < -0.39 is 27.6 Å². The molecule has 4 aromatic rings. The Labute approximate surface area is 260 Å². The normalized spacial score (nSPS) is 16.8. The predicted octanol–water partition coefficient (Wildman–Crippen LogP) is 4.71. The van der Waals surface area contributed by atoms with Gasteiger partial charge in [0.15, 0.2) is 5.60 Å². The second kappa shape index (κ2) is 12.9. The molecule has 44 heavy (non-hydrogen) atoms. The standard InChI is InChI=1S/C32H29ClN4O6S/c1-2-42-30(38)28-11-7-6-8-23(28)20-43-26-16-12-22(13-17-26)29-32(39,24-9-4-3-5-10-24)21-37(35-29)31(34)36-44(40,41)27-18-14-25(33)15-19-27/h3-19,39H,2,20-21H2,1H3,(H2,34,36). The van der Waals surface area contributed by atoms with Crippen molar-refractivity contribution in [2.24, 2.45) is 15.2 Å². The van der Waals surface area contributed by atoms with Gasteiger partial charge in [0.1, 0.15) is 18.1 Å². The number of carbonyl (C=O) groups excluding carboxylic acids is 1. The van der Waals surface area contributed by atoms with Gasteiger partial charge >= 0.3 is 5.97 Å². The molecule has 1 aliphatic heterocycles. The Kier molecular flexibility index (Phi) is 9.00. The fraction of sp³-hybridized carbons (Fsp3) is 0.156. The monoisotopic (exact) mass is 632 g/mol. The summed E-state index contributed by atoms with van der Waals surface area (Å²) in [7, 11) is -4.18. The number of benzene rings is 4. The maximum Gasteiger partial charge on any atom is 0.338 e. The molecule has 1 unspecified atom stereocenters. The Morgan fingerprint density at radius 2 is 1.66 bits per heavy atom. The van der Waals surface area contributed by atoms with Crippen LogP contribution in [0.1, 0.15) is 34.0 Å². The quantitative estimate of drug-likeness (QED) is 0.153. The lowest BCUT2D eigenvalue weighted by atomic mass is 9.86. The molecule has 226 valence electrons. The lowest BCUT2D eigenvalue weighted by Gasteiger charge is -2.25. The molecule has 0 saturated carbocycles. The highest BCUT2D eigenvalue weighted by atomic mass is 35.5. The topological polar surface area (TPSA) is 144 Å². The highest BCUT2D eigenvalue weighted by Gasteiger charge is 2.44. The van der Waals surface area contributed by atoms with Crippen LogP contribution < -0.4 is 10.5 Å². The van der Waals surface area contributed by atoms with Crippen molar-refractivity contribution in [3.63, 3.8) is 0 Å². The van der Waals surface area contributed by atoms with E-state index in [1.165, 1.54) is 24.3 Å². The van der Waals surface area contributed by atoms with Crippen LogP contribution in [0.25, 0.3) is 0 Å². The van der Waals surface area contributed by atoms with Gasteiger partial charge in [0.2, 0.25) is 5.96 Å². The van der Waals surface area contributed by atoms with Crippen molar-refractivity contribution in [3.8, 4) is 5.75 Å². The number of carbonyl (C=O) groups is 1. The molecule has 3 N–H and O–H groups in total. The molecule has 0 spiro atoms. The molecule has 5 rings (SSSR count). The Hall–Kier alpha value is -4.71. The van der Waals surface area contributed by atoms with Crippen molar-refractivity contribution >= 4 is 39.3 Å². The lowest BCUT2D eigenvalue weighted by molar-refractivity contribution is 0.0523. The first-order valence-corrected chi connectivity index (χ1v) is 15.4. The summed E-state index contributed by atoms with van der Waals surface area (Å²) in [4.78, 5) is 12.2. The minimum atomic E-state index is -4.18. The van der Waals surface area contributed by atoms with Crippen molar-refractivity contribution in [1.82, 2.24) is 5.01 Å². The molecule has 12 heteroatoms. The summed E-state index contributed by atoms with van der Waals surface area (Å²) in [6.45, 7) is 1.96. The van der Waals surface area contributed by atoms with Crippen LogP contribution >= 0.6 is 11.6 Å². The molecule has 1 heterocycles. The molecule has 0 amide bonds. The molecule has 0 radical (unpaired) electrons. The van der Waals surface area contributed by atoms with E-state index in [1.54, 1.807) is 73.7 Å². The number of esters is 1. The third-order valence-electron chi connectivity index (χ3n) is 6.87. The van der Waals surface area contributed by atoms with Gasteiger partial charge in [0, 0.05) is 16.1 Å². The summed E-state index contributed by atoms with van der Waals surface area (Å²) in [6.07, 6.45) is 0. The molecule has 0 aromatic heterocycles. The number of β-amino-alcohol motifs (C(OH)–C–C–N with tert-alkyl or cyclic N) is 1. The third-order valence-corrected chi connectivity index (χ3v) is 8.41. The number of aliphatic hydroxyl groups is 1. The number of halogens is 1. The van der Waals surface area contributed by atoms with Gasteiger partial charge in [0.05, 0.1) is 23.6 Å². The Morgan fingerprint density at radius 3 is 2.34 bits per heavy atom. The molecule has 0 bridgehead atoms. The molecule has 0 aliphatic carbocycles. The van der Waals surface area contributed by atoms with E-state index in [0.29, 0.717) is 33.0 Å². The number of hydrogen-bond donors (Lipinski definition) is 2. The first-order valence-electron chi connectivity index (χ1n) is 13.6. The second-order valence-electron chi connectivity index (χ2n) is 9.80. The van der Waals surface area contributed by atoms with E-state index in [4.69, 9.17) is 26.8 Å². The average molecular weight is 633 g/mol. The summed E-state index contributed by atoms with van der Waals surface area (Å²) in [5, 5.41) is 18.0. The summed E-state index contributed by atoms with van der Waals surface area (Å²) >= 11 is 5.88. The molecular formula is C32H29ClN4O6S. The maximum absolute atomic E-state index is 12.9. The number of rotatable bonds is 9. The predicted molar refractivity (Wildman–Crippen MR) is 167 cm³/mol. The van der Waals surface area contributed by atoms with Crippen molar-refractivity contribution < 1.29 is 27.8 Å². The van der Waals surface area contributed by atoms with Crippen molar-refractivity contribution in [1.29, 1.82) is 0 Å². The number of nitrogens with two attached hydrogens (primary N) is 1. The van der Waals surface area contributed by atoms with Crippen LogP contribution in [0, 0.1) is 0 Å². The SMILES string of the molecule is CCOC(=O)c1ccccc1COc1ccc(C2=NN(/C(N)=N/S(=O)(=O)c3ccc(Cl)cc3)CC2(O)c2ccccc2)cc1. The van der Waals surface area contributed by atoms with Gasteiger partial charge in [-0.3, -0.25) is 0 Å². The minimum Gasteiger partial charge on any atom is -0.489 e. The van der Waals surface area contributed by atoms with Crippen molar-refractivity contribution in [2.75, 3.05) is 13.2 Å². The van der Waals surface area contributed by atoms with Gasteiger partial charge in [-0.2, -0.15) is 13.5 Å². The van der Waals surface area contributed by atoms with Crippen LogP contribution in [0.2, 0.25) is 5.02 Å². The van der Waals surface area contributed by atoms with Gasteiger partial charge in [-0.05, 0) is 67.1 Å². The molecule has 0 fully saturated rings. The molecule has 4 aromatic carbocycles. The molecule has 10 nitrogen and oxygen atoms in total. The van der Waals surface area contributed by atoms with Crippen LogP contribution in [0.4, 0.5) is 0 Å². The van der Waals surface area contributed by atoms with Crippen LogP contribution in [-0.4, -0.2) is 49.3 Å². The van der Waals surface area contributed by atoms with E-state index in [2.05, 4.69) is 9.50 Å². The molecule has 1 atom stereocenters. The highest BCUT2D eigenvalue weighted by molar-refractivity contribution is 7.90. The summed E-state index contributed by atoms with van der Waals surface area (Å²) in [5.41, 5.74) is 6.92. The smallest absolute Gasteiger partial charge is 0.338 e. The number of ether oxygens (including phenoxy) is 2. The minimum absolute atomic E-state index is 0.0907. The highest BCUT2D eigenvalue weighted by Crippen LogP contribution is 2.34. The molecular weight excluding hydrogens is 604 g/mol. The van der Waals surface area contributed by atoms with E-state index >= 15 is 0 Å². The van der Waals surface area contributed by atoms with Crippen LogP contribution in [0.15, 0.2) is 118 Å². The number of hydrazone groups is 1. The number of nitrogens with zero attached hydrogens (tertiary/aromatic N) is 3. The fourth-order valence-corrected chi connectivity index (χ4v) is 5.71. The zero-order valence-corrected chi connectivity index (χ0v) is 25.2. The largest absolute Gasteiger partial charge is 0.489 e. The van der Waals surface area contributed by atoms with Gasteiger partial charge in [-0.25, -0.2) is 9.80 Å². The molecule has 0 saturated heterocycles. The number of guanidine groups is 1. The zero-order valence-electron chi connectivity index (χ0n) is 23.6. The summed E-state index contributed by atoms with van der Waals surface area (Å²) in [6, 6.07) is 28.3. The second-order valence-corrected chi connectivity index (χ2v) is 11.8. The molecule has 1 aliphatic rings. The van der Waals surface area contributed by atoms with Gasteiger partial charge in [0.25, 0.3) is 10.0 Å². The third kappa shape index (κ3) is 6.60. The lowest BCUT2D eigenvalue weighted by Crippen LogP contribution is -2.42. The summed E-state index contributed by atoms with van der Waals surface area (Å²) in [5.74, 6) is -0.319. The van der Waals surface area contributed by atoms with Crippen LogP contribution in [0.3, 0.4) is 0 Å². The Morgan fingerprint density at radius 1 is 1.00 bits per heavy atom. The van der Waals surface area contributed by atoms with Gasteiger partial charge in [-0.15, -0.1) is 4.40 Å². The zero-order chi connectivity index (χ0) is 31.3. The first kappa shape index (κ1) is 30.7. The number of hydrogen-bond acceptors (Lipinski definition) is 7. The summed E-state index contributed by atoms with van der Waals surface area (Å²) < 4.78 is 40.6. The van der Waals surface area contributed by atoms with Crippen molar-refractivity contribution in [2.45, 2.75) is 24.0 Å². The van der Waals surface area contributed by atoms with E-state index in [0.717, 1.165) is 5.01 Å². The Balaban J connectivity index is 1.42. The van der Waals surface area contributed by atoms with E-state index in [1.807, 2.05) is 12.1 Å². The van der Waals surface area contributed by atoms with E-state index in [9.17, 15) is 18.3 Å². The number of sulfonamides is 1. The average Bonchev–Trinajstić information content (AvgIpc) is 3.40. The Bertz CT molecular complexity index is 1810. The fourth-order valence-electron chi connectivity index (χ4n) is 4.65. The van der Waals surface area contributed by atoms with Crippen molar-refractivity contribution in [3.05, 3.63) is 130 Å². The first-order chi connectivity index (χ1) is 21.1.